The van der Waals surface area contributed by atoms with Crippen molar-refractivity contribution in [2.45, 2.75) is 0 Å². The summed E-state index contributed by atoms with van der Waals surface area (Å²) in [6.07, 6.45) is 1.38. The van der Waals surface area contributed by atoms with E-state index in [1.54, 1.807) is 48.5 Å². The summed E-state index contributed by atoms with van der Waals surface area (Å²) in [4.78, 5) is 0. The molecule has 0 spiro atoms. The summed E-state index contributed by atoms with van der Waals surface area (Å²) in [6, 6.07) is 15.6. The number of nitrogens with two attached hydrogens (primary N) is 1. The van der Waals surface area contributed by atoms with Crippen LogP contribution in [-0.2, 0) is 0 Å². The summed E-state index contributed by atoms with van der Waals surface area (Å²) < 4.78 is 5.62. The fraction of sp³-hybridized carbons (Fsp3) is 0. The van der Waals surface area contributed by atoms with Crippen molar-refractivity contribution in [2.24, 2.45) is 5.73 Å². The molecule has 2 rings (SSSR count). The van der Waals surface area contributed by atoms with Crippen LogP contribution in [0.5, 0.6) is 0 Å². The van der Waals surface area contributed by atoms with Gasteiger partial charge in [-0.1, -0.05) is 11.6 Å². The fourth-order valence-corrected chi connectivity index (χ4v) is 1.92. The summed E-state index contributed by atoms with van der Waals surface area (Å²) in [7, 11) is 0. The lowest BCUT2D eigenvalue weighted by molar-refractivity contribution is 0.571. The Hall–Kier alpha value is -3.46. The van der Waals surface area contributed by atoms with Crippen LogP contribution in [0.25, 0.3) is 17.4 Å². The Morgan fingerprint density at radius 2 is 1.65 bits per heavy atom. The van der Waals surface area contributed by atoms with Gasteiger partial charge in [0.15, 0.2) is 5.57 Å². The molecule has 2 N–H and O–H groups in total. The van der Waals surface area contributed by atoms with E-state index in [0.29, 0.717) is 16.5 Å². The van der Waals surface area contributed by atoms with Crippen LogP contribution in [0.3, 0.4) is 0 Å². The number of hydrogen-bond donors (Lipinski definition) is 1. The topological polar surface area (TPSA) is 111 Å². The zero-order chi connectivity index (χ0) is 16.8. The molecule has 1 heterocycles. The molecule has 2 aromatic rings. The van der Waals surface area contributed by atoms with Crippen molar-refractivity contribution in [3.8, 4) is 29.5 Å². The summed E-state index contributed by atoms with van der Waals surface area (Å²) in [5, 5.41) is 27.4. The largest absolute Gasteiger partial charge is 0.457 e. The van der Waals surface area contributed by atoms with Gasteiger partial charge in [0.2, 0.25) is 0 Å². The minimum Gasteiger partial charge on any atom is -0.457 e. The van der Waals surface area contributed by atoms with E-state index in [1.165, 1.54) is 6.08 Å². The number of halogens is 1. The molecule has 0 fully saturated rings. The van der Waals surface area contributed by atoms with Crippen molar-refractivity contribution < 1.29 is 4.42 Å². The zero-order valence-corrected chi connectivity index (χ0v) is 12.5. The molecule has 0 amide bonds. The average molecular weight is 321 g/mol. The van der Waals surface area contributed by atoms with E-state index >= 15 is 0 Å². The van der Waals surface area contributed by atoms with E-state index in [9.17, 15) is 0 Å². The quantitative estimate of drug-likeness (QED) is 0.683. The highest BCUT2D eigenvalue weighted by atomic mass is 35.5. The lowest BCUT2D eigenvalue weighted by Gasteiger charge is -1.98. The van der Waals surface area contributed by atoms with E-state index in [0.717, 1.165) is 5.56 Å². The molecule has 110 valence electrons. The maximum Gasteiger partial charge on any atom is 0.153 e. The fourth-order valence-electron chi connectivity index (χ4n) is 1.79. The van der Waals surface area contributed by atoms with Gasteiger partial charge >= 0.3 is 0 Å². The molecule has 0 saturated heterocycles. The molecule has 5 nitrogen and oxygen atoms in total. The van der Waals surface area contributed by atoms with Crippen molar-refractivity contribution in [1.82, 2.24) is 0 Å². The normalized spacial score (nSPS) is 10.3. The van der Waals surface area contributed by atoms with Gasteiger partial charge in [0.25, 0.3) is 0 Å². The van der Waals surface area contributed by atoms with Gasteiger partial charge in [-0.15, -0.1) is 0 Å². The third-order valence-electron chi connectivity index (χ3n) is 2.95. The van der Waals surface area contributed by atoms with Crippen LogP contribution in [0.15, 0.2) is 57.7 Å². The van der Waals surface area contributed by atoms with Gasteiger partial charge in [0, 0.05) is 16.7 Å². The van der Waals surface area contributed by atoms with Gasteiger partial charge in [-0.3, -0.25) is 0 Å². The van der Waals surface area contributed by atoms with Crippen molar-refractivity contribution in [3.05, 3.63) is 64.0 Å². The van der Waals surface area contributed by atoms with E-state index in [-0.39, 0.29) is 16.8 Å². The summed E-state index contributed by atoms with van der Waals surface area (Å²) >= 11 is 5.84. The lowest BCUT2D eigenvalue weighted by atomic mass is 10.1. The molecule has 6 heteroatoms. The van der Waals surface area contributed by atoms with E-state index in [1.807, 2.05) is 6.07 Å². The molecule has 0 unspecified atom stereocenters. The molecule has 0 bridgehead atoms. The smallest absolute Gasteiger partial charge is 0.153 e. The van der Waals surface area contributed by atoms with Gasteiger partial charge in [-0.25, -0.2) is 0 Å². The SMILES string of the molecule is N#CC(C#N)=C(N)/C(C#N)=C/c1ccc(-c2ccc(Cl)cc2)o1. The standard InChI is InChI=1S/C17H9ClN4O/c18-14-3-1-11(2-4-14)16-6-5-15(23-16)7-12(8-19)17(22)13(9-20)10-21/h1-7H,22H2/b12-7+. The summed E-state index contributed by atoms with van der Waals surface area (Å²) in [5.74, 6) is 0.971. The number of allylic oxidation sites excluding steroid dienone is 2. The van der Waals surface area contributed by atoms with Crippen LogP contribution in [0.4, 0.5) is 0 Å². The van der Waals surface area contributed by atoms with E-state index in [2.05, 4.69) is 0 Å². The van der Waals surface area contributed by atoms with E-state index < -0.39 is 0 Å². The third-order valence-corrected chi connectivity index (χ3v) is 3.20. The number of furan rings is 1. The Balaban J connectivity index is 2.39. The maximum absolute atomic E-state index is 9.14. The third kappa shape index (κ3) is 3.60. The van der Waals surface area contributed by atoms with Gasteiger partial charge in [0.1, 0.15) is 29.7 Å². The van der Waals surface area contributed by atoms with Crippen LogP contribution in [0, 0.1) is 34.0 Å². The van der Waals surface area contributed by atoms with Crippen molar-refractivity contribution >= 4 is 17.7 Å². The molecular formula is C17H9ClN4O. The second kappa shape index (κ2) is 7.00. The maximum atomic E-state index is 9.14. The Kier molecular flexibility index (Phi) is 4.85. The van der Waals surface area contributed by atoms with Crippen molar-refractivity contribution in [3.63, 3.8) is 0 Å². The first-order chi connectivity index (χ1) is 11.1. The van der Waals surface area contributed by atoms with Crippen LogP contribution >= 0.6 is 11.6 Å². The van der Waals surface area contributed by atoms with Crippen LogP contribution in [0.1, 0.15) is 5.76 Å². The first kappa shape index (κ1) is 15.9. The average Bonchev–Trinajstić information content (AvgIpc) is 3.03. The number of nitriles is 3. The molecule has 0 aliphatic carbocycles. The predicted octanol–water partition coefficient (Wildman–Crippen LogP) is 3.77. The molecular weight excluding hydrogens is 312 g/mol. The zero-order valence-electron chi connectivity index (χ0n) is 11.7. The molecule has 23 heavy (non-hydrogen) atoms. The van der Waals surface area contributed by atoms with Crippen molar-refractivity contribution in [1.29, 1.82) is 15.8 Å². The van der Waals surface area contributed by atoms with Crippen molar-refractivity contribution in [2.75, 3.05) is 0 Å². The van der Waals surface area contributed by atoms with Crippen LogP contribution in [-0.4, -0.2) is 0 Å². The molecule has 1 aromatic heterocycles. The first-order valence-corrected chi connectivity index (χ1v) is 6.74. The Labute approximate surface area is 137 Å². The molecule has 0 radical (unpaired) electrons. The van der Waals surface area contributed by atoms with Gasteiger partial charge < -0.3 is 10.2 Å². The van der Waals surface area contributed by atoms with Gasteiger partial charge in [-0.2, -0.15) is 15.8 Å². The second-order valence-corrected chi connectivity index (χ2v) is 4.83. The number of hydrogen-bond acceptors (Lipinski definition) is 5. The number of benzene rings is 1. The first-order valence-electron chi connectivity index (χ1n) is 6.37. The molecule has 0 aliphatic heterocycles. The minimum absolute atomic E-state index is 0.0138. The number of rotatable bonds is 3. The Bertz CT molecular complexity index is 899. The van der Waals surface area contributed by atoms with Gasteiger partial charge in [-0.05, 0) is 36.4 Å². The number of nitrogens with zero attached hydrogens (tertiary/aromatic N) is 3. The van der Waals surface area contributed by atoms with Crippen LogP contribution in [0.2, 0.25) is 5.02 Å². The summed E-state index contributed by atoms with van der Waals surface area (Å²) in [5.41, 5.74) is 5.98. The Morgan fingerprint density at radius 1 is 1.00 bits per heavy atom. The molecule has 1 aromatic carbocycles. The molecule has 0 aliphatic rings. The Morgan fingerprint density at radius 3 is 2.22 bits per heavy atom. The minimum atomic E-state index is -0.317. The van der Waals surface area contributed by atoms with Crippen LogP contribution < -0.4 is 5.73 Å². The highest BCUT2D eigenvalue weighted by Gasteiger charge is 2.10. The van der Waals surface area contributed by atoms with E-state index in [4.69, 9.17) is 37.5 Å². The predicted molar refractivity (Wildman–Crippen MR) is 85.2 cm³/mol. The lowest BCUT2D eigenvalue weighted by Crippen LogP contribution is -2.03. The highest BCUT2D eigenvalue weighted by Crippen LogP contribution is 2.25. The highest BCUT2D eigenvalue weighted by molar-refractivity contribution is 6.30. The van der Waals surface area contributed by atoms with Gasteiger partial charge in [0.05, 0.1) is 11.3 Å². The summed E-state index contributed by atoms with van der Waals surface area (Å²) in [6.45, 7) is 0. The molecule has 0 atom stereocenters. The second-order valence-electron chi connectivity index (χ2n) is 4.39. The molecule has 0 saturated carbocycles. The monoisotopic (exact) mass is 320 g/mol.